The number of hydrogen-bond donors (Lipinski definition) is 1. The molecule has 0 spiro atoms. The zero-order valence-corrected chi connectivity index (χ0v) is 10.8. The van der Waals surface area contributed by atoms with Crippen LogP contribution in [0.5, 0.6) is 0 Å². The molecule has 0 heterocycles. The molecule has 0 amide bonds. The number of aliphatic hydroxyl groups is 1. The quantitative estimate of drug-likeness (QED) is 0.863. The van der Waals surface area contributed by atoms with E-state index >= 15 is 0 Å². The van der Waals surface area contributed by atoms with Gasteiger partial charge in [-0.3, -0.25) is 0 Å². The molecule has 1 rings (SSSR count). The van der Waals surface area contributed by atoms with Gasteiger partial charge in [0.2, 0.25) is 0 Å². The second-order valence-corrected chi connectivity index (χ2v) is 5.86. The molecule has 0 radical (unpaired) electrons. The minimum atomic E-state index is -0.748. The number of benzene rings is 1. The molecule has 1 aromatic rings. The first-order valence-electron chi connectivity index (χ1n) is 4.92. The maximum absolute atomic E-state index is 13.4. The minimum absolute atomic E-state index is 0.0197. The summed E-state index contributed by atoms with van der Waals surface area (Å²) in [5.41, 5.74) is 0.341. The first kappa shape index (κ1) is 12.7. The summed E-state index contributed by atoms with van der Waals surface area (Å²) < 4.78 is 14.2. The molecule has 0 saturated heterocycles. The first-order valence-corrected chi connectivity index (χ1v) is 5.72. The Morgan fingerprint density at radius 2 is 2.00 bits per heavy atom. The molecule has 1 nitrogen and oxygen atoms in total. The number of halogens is 2. The van der Waals surface area contributed by atoms with E-state index in [2.05, 4.69) is 15.9 Å². The Bertz CT molecular complexity index is 344. The molecule has 0 bridgehead atoms. The average molecular weight is 275 g/mol. The van der Waals surface area contributed by atoms with Crippen molar-refractivity contribution in [1.82, 2.24) is 0 Å². The van der Waals surface area contributed by atoms with Crippen LogP contribution in [0.3, 0.4) is 0 Å². The topological polar surface area (TPSA) is 20.2 Å². The third kappa shape index (κ3) is 3.92. The SMILES string of the molecule is CC(C)(C)CC(O)c1cc(Br)ccc1F. The van der Waals surface area contributed by atoms with Crippen molar-refractivity contribution in [2.45, 2.75) is 33.3 Å². The molecule has 3 heteroatoms. The fourth-order valence-electron chi connectivity index (χ4n) is 1.46. The molecule has 84 valence electrons. The molecule has 0 aromatic heterocycles. The molecular formula is C12H16BrFO. The highest BCUT2D eigenvalue weighted by Crippen LogP contribution is 2.31. The Labute approximate surface area is 98.4 Å². The van der Waals surface area contributed by atoms with E-state index in [9.17, 15) is 9.50 Å². The van der Waals surface area contributed by atoms with Gasteiger partial charge in [0.25, 0.3) is 0 Å². The van der Waals surface area contributed by atoms with Crippen molar-refractivity contribution in [2.75, 3.05) is 0 Å². The number of aliphatic hydroxyl groups excluding tert-OH is 1. The fraction of sp³-hybridized carbons (Fsp3) is 0.500. The molecule has 1 atom stereocenters. The predicted octanol–water partition coefficient (Wildman–Crippen LogP) is 4.06. The second kappa shape index (κ2) is 4.62. The van der Waals surface area contributed by atoms with Crippen LogP contribution in [0, 0.1) is 11.2 Å². The average Bonchev–Trinajstić information content (AvgIpc) is 2.06. The van der Waals surface area contributed by atoms with Crippen LogP contribution in [0.2, 0.25) is 0 Å². The van der Waals surface area contributed by atoms with Crippen LogP contribution in [-0.4, -0.2) is 5.11 Å². The van der Waals surface area contributed by atoms with Crippen molar-refractivity contribution < 1.29 is 9.50 Å². The van der Waals surface area contributed by atoms with Crippen LogP contribution >= 0.6 is 15.9 Å². The van der Waals surface area contributed by atoms with Crippen molar-refractivity contribution in [2.24, 2.45) is 5.41 Å². The Balaban J connectivity index is 2.90. The summed E-state index contributed by atoms with van der Waals surface area (Å²) in [6, 6.07) is 4.62. The highest BCUT2D eigenvalue weighted by molar-refractivity contribution is 9.10. The van der Waals surface area contributed by atoms with E-state index in [0.717, 1.165) is 4.47 Å². The van der Waals surface area contributed by atoms with E-state index in [4.69, 9.17) is 0 Å². The van der Waals surface area contributed by atoms with E-state index in [0.29, 0.717) is 12.0 Å². The van der Waals surface area contributed by atoms with Crippen LogP contribution in [0.25, 0.3) is 0 Å². The largest absolute Gasteiger partial charge is 0.388 e. The van der Waals surface area contributed by atoms with Gasteiger partial charge in [0.15, 0.2) is 0 Å². The van der Waals surface area contributed by atoms with Crippen molar-refractivity contribution in [3.8, 4) is 0 Å². The molecule has 15 heavy (non-hydrogen) atoms. The Hall–Kier alpha value is -0.410. The predicted molar refractivity (Wildman–Crippen MR) is 63.1 cm³/mol. The van der Waals surface area contributed by atoms with Crippen LogP contribution < -0.4 is 0 Å². The monoisotopic (exact) mass is 274 g/mol. The van der Waals surface area contributed by atoms with Crippen LogP contribution in [0.1, 0.15) is 38.9 Å². The van der Waals surface area contributed by atoms with Crippen molar-refractivity contribution >= 4 is 15.9 Å². The lowest BCUT2D eigenvalue weighted by Crippen LogP contribution is -2.12. The van der Waals surface area contributed by atoms with Crippen molar-refractivity contribution in [1.29, 1.82) is 0 Å². The third-order valence-electron chi connectivity index (χ3n) is 2.12. The van der Waals surface area contributed by atoms with Crippen LogP contribution in [-0.2, 0) is 0 Å². The summed E-state index contributed by atoms with van der Waals surface area (Å²) in [5.74, 6) is -0.352. The minimum Gasteiger partial charge on any atom is -0.388 e. The van der Waals surface area contributed by atoms with Crippen LogP contribution in [0.4, 0.5) is 4.39 Å². The smallest absolute Gasteiger partial charge is 0.129 e. The zero-order valence-electron chi connectivity index (χ0n) is 9.22. The summed E-state index contributed by atoms with van der Waals surface area (Å²) in [4.78, 5) is 0. The molecule has 1 unspecified atom stereocenters. The summed E-state index contributed by atoms with van der Waals surface area (Å²) in [7, 11) is 0. The van der Waals surface area contributed by atoms with E-state index < -0.39 is 6.10 Å². The third-order valence-corrected chi connectivity index (χ3v) is 2.62. The van der Waals surface area contributed by atoms with Gasteiger partial charge in [-0.2, -0.15) is 0 Å². The van der Waals surface area contributed by atoms with E-state index in [1.807, 2.05) is 20.8 Å². The highest BCUT2D eigenvalue weighted by Gasteiger charge is 2.20. The summed E-state index contributed by atoms with van der Waals surface area (Å²) in [6.45, 7) is 6.06. The van der Waals surface area contributed by atoms with Gasteiger partial charge in [0.1, 0.15) is 5.82 Å². The van der Waals surface area contributed by atoms with Crippen molar-refractivity contribution in [3.63, 3.8) is 0 Å². The maximum atomic E-state index is 13.4. The van der Waals surface area contributed by atoms with Gasteiger partial charge in [-0.25, -0.2) is 4.39 Å². The lowest BCUT2D eigenvalue weighted by Gasteiger charge is -2.22. The maximum Gasteiger partial charge on any atom is 0.129 e. The highest BCUT2D eigenvalue weighted by atomic mass is 79.9. The van der Waals surface area contributed by atoms with Gasteiger partial charge in [0.05, 0.1) is 6.10 Å². The van der Waals surface area contributed by atoms with Gasteiger partial charge in [-0.15, -0.1) is 0 Å². The standard InChI is InChI=1S/C12H16BrFO/c1-12(2,3)7-11(15)9-6-8(13)4-5-10(9)14/h4-6,11,15H,7H2,1-3H3. The van der Waals surface area contributed by atoms with E-state index in [-0.39, 0.29) is 11.2 Å². The number of rotatable bonds is 2. The molecule has 1 aromatic carbocycles. The lowest BCUT2D eigenvalue weighted by atomic mass is 9.87. The Morgan fingerprint density at radius 1 is 1.40 bits per heavy atom. The molecule has 0 fully saturated rings. The number of hydrogen-bond acceptors (Lipinski definition) is 1. The Morgan fingerprint density at radius 3 is 2.53 bits per heavy atom. The second-order valence-electron chi connectivity index (χ2n) is 4.95. The summed E-state index contributed by atoms with van der Waals surface area (Å²) in [5, 5.41) is 9.90. The molecule has 0 aliphatic heterocycles. The Kier molecular flexibility index (Phi) is 3.90. The molecular weight excluding hydrogens is 259 g/mol. The van der Waals surface area contributed by atoms with Gasteiger partial charge < -0.3 is 5.11 Å². The van der Waals surface area contributed by atoms with E-state index in [1.54, 1.807) is 12.1 Å². The lowest BCUT2D eigenvalue weighted by molar-refractivity contribution is 0.119. The van der Waals surface area contributed by atoms with Gasteiger partial charge in [-0.05, 0) is 30.0 Å². The van der Waals surface area contributed by atoms with Gasteiger partial charge >= 0.3 is 0 Å². The fourth-order valence-corrected chi connectivity index (χ4v) is 1.84. The molecule has 0 saturated carbocycles. The summed E-state index contributed by atoms with van der Waals surface area (Å²) >= 11 is 3.27. The van der Waals surface area contributed by atoms with Crippen LogP contribution in [0.15, 0.2) is 22.7 Å². The summed E-state index contributed by atoms with van der Waals surface area (Å²) in [6.07, 6.45) is -0.206. The van der Waals surface area contributed by atoms with Gasteiger partial charge in [-0.1, -0.05) is 36.7 Å². The normalized spacial score (nSPS) is 14.0. The molecule has 0 aliphatic rings. The zero-order chi connectivity index (χ0) is 11.6. The first-order chi connectivity index (χ1) is 6.79. The van der Waals surface area contributed by atoms with Crippen molar-refractivity contribution in [3.05, 3.63) is 34.1 Å². The van der Waals surface area contributed by atoms with E-state index in [1.165, 1.54) is 6.07 Å². The molecule has 1 N–H and O–H groups in total. The molecule has 0 aliphatic carbocycles. The van der Waals surface area contributed by atoms with Gasteiger partial charge in [0, 0.05) is 10.0 Å².